The molecule has 6 heteroatoms. The fourth-order valence-corrected chi connectivity index (χ4v) is 26.7. The zero-order valence-electron chi connectivity index (χ0n) is 91.4. The van der Waals surface area contributed by atoms with Crippen LogP contribution in [0.2, 0.25) is 0 Å². The number of anilines is 3. The van der Waals surface area contributed by atoms with Crippen LogP contribution < -0.4 is 25.6 Å². The first-order chi connectivity index (χ1) is 69.9. The number of furan rings is 1. The van der Waals surface area contributed by atoms with Crippen LogP contribution in [0.25, 0.3) is 105 Å². The number of fused-ring (bicyclic) bond motifs is 12. The van der Waals surface area contributed by atoms with Gasteiger partial charge < -0.3 is 9.32 Å². The van der Waals surface area contributed by atoms with E-state index in [4.69, 9.17) is 11.3 Å². The summed E-state index contributed by atoms with van der Waals surface area (Å²) in [5.41, 5.74) is 19.8. The molecule has 714 valence electrons. The lowest BCUT2D eigenvalue weighted by atomic mass is 9.86. The smallest absolute Gasteiger partial charge is 0.179 e. The van der Waals surface area contributed by atoms with Crippen LogP contribution >= 0.6 is 34.0 Å². The Kier molecular flexibility index (Phi) is 28.7. The summed E-state index contributed by atoms with van der Waals surface area (Å²) in [6, 6.07) is 150. The van der Waals surface area contributed by atoms with Crippen LogP contribution in [0.4, 0.5) is 17.1 Å². The second kappa shape index (κ2) is 43.1. The highest BCUT2D eigenvalue weighted by atomic mass is 32.1. The van der Waals surface area contributed by atoms with E-state index in [-0.39, 0.29) is 62.7 Å². The van der Waals surface area contributed by atoms with Crippen molar-refractivity contribution in [3.8, 4) is 22.3 Å². The molecule has 22 aromatic rings. The molecule has 4 aromatic heterocycles. The van der Waals surface area contributed by atoms with Gasteiger partial charge in [-0.25, -0.2) is 0 Å². The van der Waals surface area contributed by atoms with Crippen molar-refractivity contribution in [2.75, 3.05) is 4.90 Å². The number of nitrogens with zero attached hydrogens (tertiary/aromatic N) is 1. The van der Waals surface area contributed by atoms with E-state index < -0.39 is 13.5 Å². The third kappa shape index (κ3) is 23.7. The summed E-state index contributed by atoms with van der Waals surface area (Å²) in [6.45, 7) is 46.1. The average Bonchev–Trinajstić information content (AvgIpc) is 1.42. The summed E-state index contributed by atoms with van der Waals surface area (Å²) in [4.78, 5) is 2.28. The number of rotatable bonds is 9. The van der Waals surface area contributed by atoms with E-state index in [0.717, 1.165) is 28.2 Å². The molecule has 2 nitrogen and oxygen atoms in total. The number of hydrogen-bond donors (Lipinski definition) is 0. The van der Waals surface area contributed by atoms with Crippen molar-refractivity contribution in [3.63, 3.8) is 0 Å². The lowest BCUT2D eigenvalue weighted by Crippen LogP contribution is -2.74. The molecule has 0 saturated carbocycles. The topological polar surface area (TPSA) is 16.4 Å². The minimum atomic E-state index is -2.38. The van der Waals surface area contributed by atoms with Crippen molar-refractivity contribution in [1.82, 2.24) is 0 Å². The van der Waals surface area contributed by atoms with Gasteiger partial charge in [0.2, 0.25) is 0 Å². The summed E-state index contributed by atoms with van der Waals surface area (Å²) < 4.78 is 52.1. The van der Waals surface area contributed by atoms with Gasteiger partial charge >= 0.3 is 0 Å². The van der Waals surface area contributed by atoms with Gasteiger partial charge in [-0.05, 0) is 199 Å². The summed E-state index contributed by atoms with van der Waals surface area (Å²) in [6.07, 6.45) is 0. The lowest BCUT2D eigenvalue weighted by Gasteiger charge is -2.34. The molecular weight excluding hydrogens is 1790 g/mol. The van der Waals surface area contributed by atoms with E-state index in [1.165, 1.54) is 148 Å². The molecule has 0 fully saturated rings. The van der Waals surface area contributed by atoms with Crippen LogP contribution in [0.15, 0.2) is 453 Å². The first-order valence-electron chi connectivity index (χ1n) is 52.2. The fraction of sp³-hybridized carbons (Fsp3) is 0.206. The molecule has 4 heterocycles. The van der Waals surface area contributed by atoms with Crippen LogP contribution in [0, 0.1) is 0 Å². The summed E-state index contributed by atoms with van der Waals surface area (Å²) in [7, 11) is -2.38. The molecule has 0 bridgehead atoms. The van der Waals surface area contributed by atoms with Gasteiger partial charge in [0, 0.05) is 88.4 Å². The Morgan fingerprint density at radius 3 is 0.951 bits per heavy atom. The minimum absolute atomic E-state index is 0.103. The number of benzene rings is 18. The summed E-state index contributed by atoms with van der Waals surface area (Å²) in [5.74, 6) is 0. The van der Waals surface area contributed by atoms with Crippen molar-refractivity contribution < 1.29 is 11.3 Å². The summed E-state index contributed by atoms with van der Waals surface area (Å²) >= 11 is 5.69. The first kappa shape index (κ1) is 94.7. The monoisotopic (exact) mass is 1930 g/mol. The van der Waals surface area contributed by atoms with Crippen LogP contribution in [-0.4, -0.2) is 8.07 Å². The van der Waals surface area contributed by atoms with E-state index >= 15 is 0 Å². The van der Waals surface area contributed by atoms with Crippen molar-refractivity contribution in [3.05, 3.63) is 488 Å². The van der Waals surface area contributed by atoms with Crippen LogP contribution in [0.1, 0.15) is 191 Å². The molecule has 18 aromatic carbocycles. The minimum Gasteiger partial charge on any atom is -0.456 e. The summed E-state index contributed by atoms with van der Waals surface area (Å²) in [5, 5.41) is 16.4. The molecule has 0 saturated heterocycles. The quantitative estimate of drug-likeness (QED) is 0.106. The molecule has 0 amide bonds. The van der Waals surface area contributed by atoms with E-state index in [1.54, 1.807) is 0 Å². The Balaban J connectivity index is 0.000000124. The van der Waals surface area contributed by atoms with Gasteiger partial charge in [-0.2, -0.15) is 0 Å². The largest absolute Gasteiger partial charge is 0.456 e. The Morgan fingerprint density at radius 1 is 0.211 bits per heavy atom. The van der Waals surface area contributed by atoms with Crippen molar-refractivity contribution in [2.45, 2.75) is 183 Å². The molecular formula is C136H137NOS3Si. The molecule has 22 rings (SSSR count). The van der Waals surface area contributed by atoms with E-state index in [2.05, 4.69) is 536 Å². The predicted molar refractivity (Wildman–Crippen MR) is 631 cm³/mol. The Hall–Kier alpha value is -13.6. The molecule has 142 heavy (non-hydrogen) atoms. The van der Waals surface area contributed by atoms with Gasteiger partial charge in [-0.15, -0.1) is 34.0 Å². The predicted octanol–water partition coefficient (Wildman–Crippen LogP) is 38.1. The average molecular weight is 1930 g/mol. The Bertz CT molecular complexity index is 7960. The van der Waals surface area contributed by atoms with Gasteiger partial charge in [-0.3, -0.25) is 0 Å². The zero-order valence-corrected chi connectivity index (χ0v) is 89.9. The van der Waals surface area contributed by atoms with Gasteiger partial charge in [0.25, 0.3) is 0 Å². The van der Waals surface area contributed by atoms with E-state index in [1.807, 2.05) is 66.9 Å². The first-order valence-corrected chi connectivity index (χ1v) is 54.1. The van der Waals surface area contributed by atoms with Crippen molar-refractivity contribution >= 4 is 162 Å². The fourth-order valence-electron chi connectivity index (χ4n) is 18.3. The SMILES string of the molecule is CC(C)(C)c1ccc(-c2ccc(N(c3ccccc3)c3ccccc3)cc2)cc1.CC(C)(C)c1ccc(-c2ccc3c(c2)sc2ccccc23)cc1.CC(C)(C)c1ccc([Si](c2ccccc2)(c2ccccc2)c2ccccc2)cc1.CC(C)(C)c1ccc2c(c1)oc1ccccc12.CC(C)(C)c1ccc2c(c1)sc1ccccc12.CC(C)(C)c1cccc2c1sc1ccccc12.[2H]c1c([2H])c([2H])c(C(C)(C)C)c([2H])c1[2H]. The third-order valence-electron chi connectivity index (χ3n) is 26.5. The number of hydrogen-bond acceptors (Lipinski definition) is 5. The van der Waals surface area contributed by atoms with Crippen LogP contribution in [-0.2, 0) is 37.9 Å². The molecule has 0 spiro atoms. The normalized spacial score (nSPS) is 12.5. The second-order valence-electron chi connectivity index (χ2n) is 44.1. The zero-order chi connectivity index (χ0) is 105. The highest BCUT2D eigenvalue weighted by Crippen LogP contribution is 2.44. The van der Waals surface area contributed by atoms with Crippen LogP contribution in [0.3, 0.4) is 0 Å². The maximum atomic E-state index is 7.72. The van der Waals surface area contributed by atoms with Gasteiger partial charge in [0.05, 0.1) is 6.85 Å². The molecule has 0 radical (unpaired) electrons. The van der Waals surface area contributed by atoms with Gasteiger partial charge in [0.1, 0.15) is 11.2 Å². The third-order valence-corrected chi connectivity index (χ3v) is 34.7. The van der Waals surface area contributed by atoms with Crippen molar-refractivity contribution in [1.29, 1.82) is 0 Å². The molecule has 0 N–H and O–H groups in total. The van der Waals surface area contributed by atoms with Gasteiger partial charge in [0.15, 0.2) is 8.07 Å². The van der Waals surface area contributed by atoms with E-state index in [0.29, 0.717) is 5.56 Å². The standard InChI is InChI=1S/C28H27N.C28H28Si.C22H20S.C16H16O.2C16H16S.C10H14/c1-28(2,3)24-18-14-22(15-19-24)23-16-20-27(21-17-23)29(25-10-6-4-7-11-25)26-12-8-5-9-13-26;1-28(2,3)23-19-21-27(22-20-23)29(24-13-7-4-8-14-24,25-15-9-5-10-16-25)26-17-11-6-12-18-26;1-22(2,3)17-11-8-15(9-12-17)16-10-13-19-18-6-4-5-7-20(18)23-21(19)14-16;1-16(2,3)11-8-9-13-12-6-4-5-7-14(12)17-15(13)10-11;1-16(2,3)13-9-6-8-12-11-7-4-5-10-14(11)17-15(12)13;1-16(2,3)11-8-9-13-12-6-4-5-7-14(12)17-15(13)10-11;1-10(2,3)9-7-5-4-6-8-9/h4-21H,1-3H3;4-22H,1-3H3;4-14H,1-3H3;3*4-10H,1-3H3;4-8H,1-3H3/i;;;;;;4D,5D,6D,7D,8D. The number of thiophene rings is 3. The maximum absolute atomic E-state index is 7.72. The second-order valence-corrected chi connectivity index (χ2v) is 51.1. The Morgan fingerprint density at radius 2 is 0.514 bits per heavy atom. The molecule has 0 aliphatic heterocycles. The molecule has 0 unspecified atom stereocenters. The number of para-hydroxylation sites is 3. The highest BCUT2D eigenvalue weighted by Gasteiger charge is 2.41. The molecule has 0 aliphatic carbocycles. The van der Waals surface area contributed by atoms with Crippen molar-refractivity contribution in [2.24, 2.45) is 0 Å². The van der Waals surface area contributed by atoms with E-state index in [9.17, 15) is 0 Å². The highest BCUT2D eigenvalue weighted by molar-refractivity contribution is 7.26. The van der Waals surface area contributed by atoms with Gasteiger partial charge in [-0.1, -0.05) is 515 Å². The lowest BCUT2D eigenvalue weighted by molar-refractivity contribution is 0.587. The Labute approximate surface area is 865 Å². The van der Waals surface area contributed by atoms with Crippen LogP contribution in [0.5, 0.6) is 0 Å². The maximum Gasteiger partial charge on any atom is 0.179 e. The molecule has 0 atom stereocenters. The molecule has 0 aliphatic rings.